The first-order chi connectivity index (χ1) is 43.9. The molecule has 0 saturated carbocycles. The third-order valence-corrected chi connectivity index (χ3v) is 18.6. The number of rotatable bonds is 46. The van der Waals surface area contributed by atoms with E-state index in [9.17, 15) is 0 Å². The van der Waals surface area contributed by atoms with Gasteiger partial charge in [-0.3, -0.25) is 0 Å². The fourth-order valence-electron chi connectivity index (χ4n) is 14.4. The predicted octanol–water partition coefficient (Wildman–Crippen LogP) is 14.8. The summed E-state index contributed by atoms with van der Waals surface area (Å²) in [6, 6.07) is 41.8. The van der Waals surface area contributed by atoms with Gasteiger partial charge in [0.25, 0.3) is 0 Å². The van der Waals surface area contributed by atoms with Crippen LogP contribution in [0, 0.1) is 0 Å². The zero-order chi connectivity index (χ0) is 62.0. The standard InChI is InChI=1S/C76H103NO12/c1-7-78-38-19-39-84-40-32-74(33-41-85-51-46-79-8-2)68-23-16-13-20-62(68)65-29-26-59(56-71(65)74)77(60-27-30-66-63-21-14-17-24-69(63)75(72(66)57-60,34-42-86-52-47-80-9-3)35-43-87-53-48-81-10-4)61-28-31-67-64-22-15-18-25-70(64)76(73(67)58-61,36-44-88-54-49-82-11-5)37-45-89-55-50-83-12-6/h13-18,20-27,29-30,56-58H,7-12,19,28,31-55H2,1-6H3. The van der Waals surface area contributed by atoms with Gasteiger partial charge in [0.2, 0.25) is 0 Å². The van der Waals surface area contributed by atoms with Crippen LogP contribution in [0.4, 0.5) is 11.4 Å². The number of nitrogens with zero attached hydrogens (tertiary/aromatic N) is 1. The van der Waals surface area contributed by atoms with Crippen LogP contribution in [0.1, 0.15) is 133 Å². The number of benzene rings is 5. The molecule has 484 valence electrons. The zero-order valence-electron chi connectivity index (χ0n) is 54.7. The molecule has 0 N–H and O–H groups in total. The first-order valence-corrected chi connectivity index (χ1v) is 33.7. The fourth-order valence-corrected chi connectivity index (χ4v) is 14.4. The predicted molar refractivity (Wildman–Crippen MR) is 356 cm³/mol. The van der Waals surface area contributed by atoms with Gasteiger partial charge in [-0.1, -0.05) is 84.9 Å². The number of hydrogen-bond donors (Lipinski definition) is 0. The van der Waals surface area contributed by atoms with E-state index in [2.05, 4.69) is 120 Å². The van der Waals surface area contributed by atoms with Gasteiger partial charge in [-0.05, 0) is 196 Å². The number of anilines is 2. The van der Waals surface area contributed by atoms with Crippen LogP contribution in [-0.4, -0.2) is 159 Å². The highest BCUT2D eigenvalue weighted by atomic mass is 16.5. The minimum absolute atomic E-state index is 0.376. The minimum atomic E-state index is -0.409. The number of ether oxygens (including phenoxy) is 12. The summed E-state index contributed by atoms with van der Waals surface area (Å²) in [4.78, 5) is 2.61. The average molecular weight is 1220 g/mol. The van der Waals surface area contributed by atoms with E-state index in [1.54, 1.807) is 0 Å². The van der Waals surface area contributed by atoms with Crippen molar-refractivity contribution >= 4 is 16.9 Å². The van der Waals surface area contributed by atoms with E-state index in [-0.39, 0.29) is 5.41 Å². The van der Waals surface area contributed by atoms with Crippen LogP contribution in [0.15, 0.2) is 127 Å². The quantitative estimate of drug-likeness (QED) is 0.0345. The topological polar surface area (TPSA) is 114 Å². The second-order valence-corrected chi connectivity index (χ2v) is 23.4. The highest BCUT2D eigenvalue weighted by Crippen LogP contribution is 2.59. The summed E-state index contributed by atoms with van der Waals surface area (Å²) in [6.07, 6.45) is 9.86. The maximum Gasteiger partial charge on any atom is 0.0700 e. The van der Waals surface area contributed by atoms with Crippen molar-refractivity contribution in [2.45, 2.75) is 116 Å². The van der Waals surface area contributed by atoms with Crippen molar-refractivity contribution in [3.63, 3.8) is 0 Å². The van der Waals surface area contributed by atoms with E-state index >= 15 is 0 Å². The molecular formula is C76H103NO12. The van der Waals surface area contributed by atoms with Gasteiger partial charge in [0, 0.05) is 126 Å². The maximum absolute atomic E-state index is 6.56. The van der Waals surface area contributed by atoms with Gasteiger partial charge >= 0.3 is 0 Å². The Morgan fingerprint density at radius 1 is 0.303 bits per heavy atom. The van der Waals surface area contributed by atoms with E-state index in [0.29, 0.717) is 159 Å². The van der Waals surface area contributed by atoms with Crippen molar-refractivity contribution in [2.24, 2.45) is 0 Å². The molecule has 0 aliphatic heterocycles. The van der Waals surface area contributed by atoms with Crippen molar-refractivity contribution in [3.8, 4) is 22.3 Å². The summed E-state index contributed by atoms with van der Waals surface area (Å²) in [6.45, 7) is 26.6. The summed E-state index contributed by atoms with van der Waals surface area (Å²) < 4.78 is 73.4. The summed E-state index contributed by atoms with van der Waals surface area (Å²) in [5.41, 5.74) is 18.0. The van der Waals surface area contributed by atoms with Gasteiger partial charge in [0.1, 0.15) is 0 Å². The van der Waals surface area contributed by atoms with Gasteiger partial charge in [0.15, 0.2) is 0 Å². The van der Waals surface area contributed by atoms with Crippen LogP contribution in [0.25, 0.3) is 27.8 Å². The fraction of sp³-hybridized carbons (Fsp3) is 0.553. The normalized spacial score (nSPS) is 16.5. The molecule has 0 bridgehead atoms. The third kappa shape index (κ3) is 16.4. The molecule has 13 heteroatoms. The van der Waals surface area contributed by atoms with Gasteiger partial charge in [0.05, 0.1) is 66.1 Å². The molecule has 5 aromatic rings. The molecule has 1 atom stereocenters. The lowest BCUT2D eigenvalue weighted by Gasteiger charge is -2.38. The van der Waals surface area contributed by atoms with E-state index < -0.39 is 10.8 Å². The van der Waals surface area contributed by atoms with Gasteiger partial charge in [-0.25, -0.2) is 0 Å². The molecule has 4 aliphatic carbocycles. The van der Waals surface area contributed by atoms with Gasteiger partial charge in [-0.15, -0.1) is 0 Å². The van der Waals surface area contributed by atoms with Crippen molar-refractivity contribution in [1.29, 1.82) is 0 Å². The largest absolute Gasteiger partial charge is 0.382 e. The Hall–Kier alpha value is -5.10. The molecule has 0 amide bonds. The average Bonchev–Trinajstić information content (AvgIpc) is 1.62. The molecular weight excluding hydrogens is 1120 g/mol. The lowest BCUT2D eigenvalue weighted by Crippen LogP contribution is -2.32. The molecule has 0 aromatic heterocycles. The van der Waals surface area contributed by atoms with Crippen molar-refractivity contribution < 1.29 is 56.8 Å². The van der Waals surface area contributed by atoms with Gasteiger partial charge < -0.3 is 61.7 Å². The Morgan fingerprint density at radius 3 is 1.02 bits per heavy atom. The van der Waals surface area contributed by atoms with E-state index in [1.165, 1.54) is 72.5 Å². The number of fused-ring (bicyclic) bond motifs is 8. The van der Waals surface area contributed by atoms with E-state index in [4.69, 9.17) is 56.8 Å². The molecule has 5 aromatic carbocycles. The molecule has 0 heterocycles. The highest BCUT2D eigenvalue weighted by molar-refractivity contribution is 5.89. The Balaban J connectivity index is 1.21. The highest BCUT2D eigenvalue weighted by Gasteiger charge is 2.48. The molecule has 4 aliphatic rings. The van der Waals surface area contributed by atoms with E-state index in [1.807, 2.05) is 41.5 Å². The first-order valence-electron chi connectivity index (χ1n) is 33.7. The third-order valence-electron chi connectivity index (χ3n) is 18.6. The SMILES string of the molecule is CCOCCCOCCC1(CCOCCOCC)c2ccccc2-c2ccc(N(C3=CC4=C(CC3)c3ccccc3C4(CCOCCOCC)CCOCCOCC)c3ccc4c(c3)C(CCOCCOCC)(CCOCCOCC)c3ccccc3-4)cc21. The van der Waals surface area contributed by atoms with Crippen LogP contribution in [-0.2, 0) is 73.1 Å². The zero-order valence-corrected chi connectivity index (χ0v) is 54.7. The second-order valence-electron chi connectivity index (χ2n) is 23.4. The van der Waals surface area contributed by atoms with Crippen LogP contribution in [0.5, 0.6) is 0 Å². The lowest BCUT2D eigenvalue weighted by molar-refractivity contribution is 0.0354. The minimum Gasteiger partial charge on any atom is -0.382 e. The Kier molecular flexibility index (Phi) is 27.3. The Bertz CT molecular complexity index is 2980. The Labute approximate surface area is 532 Å². The lowest BCUT2D eigenvalue weighted by atomic mass is 9.71. The molecule has 13 nitrogen and oxygen atoms in total. The smallest absolute Gasteiger partial charge is 0.0700 e. The summed E-state index contributed by atoms with van der Waals surface area (Å²) >= 11 is 0. The maximum atomic E-state index is 6.56. The van der Waals surface area contributed by atoms with Gasteiger partial charge in [-0.2, -0.15) is 0 Å². The van der Waals surface area contributed by atoms with Crippen molar-refractivity contribution in [1.82, 2.24) is 0 Å². The van der Waals surface area contributed by atoms with Crippen LogP contribution >= 0.6 is 0 Å². The first kappa shape index (κ1) is 68.3. The number of allylic oxidation sites excluding steroid dienone is 4. The van der Waals surface area contributed by atoms with Crippen molar-refractivity contribution in [3.05, 3.63) is 160 Å². The summed E-state index contributed by atoms with van der Waals surface area (Å²) in [5, 5.41) is 0. The number of hydrogen-bond acceptors (Lipinski definition) is 13. The molecule has 0 fully saturated rings. The second kappa shape index (κ2) is 35.6. The van der Waals surface area contributed by atoms with Crippen molar-refractivity contribution in [2.75, 3.05) is 163 Å². The Morgan fingerprint density at radius 2 is 0.618 bits per heavy atom. The molecule has 89 heavy (non-hydrogen) atoms. The van der Waals surface area contributed by atoms with Crippen LogP contribution in [0.3, 0.4) is 0 Å². The monoisotopic (exact) mass is 1220 g/mol. The van der Waals surface area contributed by atoms with Crippen LogP contribution < -0.4 is 4.90 Å². The van der Waals surface area contributed by atoms with E-state index in [0.717, 1.165) is 69.2 Å². The molecule has 1 unspecified atom stereocenters. The summed E-state index contributed by atoms with van der Waals surface area (Å²) in [5.74, 6) is 0. The molecule has 0 radical (unpaired) electrons. The molecule has 0 spiro atoms. The molecule has 0 saturated heterocycles. The summed E-state index contributed by atoms with van der Waals surface area (Å²) in [7, 11) is 0. The molecule has 9 rings (SSSR count). The van der Waals surface area contributed by atoms with Crippen LogP contribution in [0.2, 0.25) is 0 Å².